The van der Waals surface area contributed by atoms with E-state index in [1.54, 1.807) is 0 Å². The van der Waals surface area contributed by atoms with Crippen molar-refractivity contribution in [3.63, 3.8) is 0 Å². The van der Waals surface area contributed by atoms with Crippen molar-refractivity contribution in [2.75, 3.05) is 0 Å². The smallest absolute Gasteiger partial charge is 0.0923 e. The first kappa shape index (κ1) is 5.67. The van der Waals surface area contributed by atoms with Gasteiger partial charge >= 0.3 is 0 Å². The molecule has 0 aromatic carbocycles. The fourth-order valence-corrected chi connectivity index (χ4v) is 1.25. The molecule has 0 bridgehead atoms. The maximum Gasteiger partial charge on any atom is 0.0923 e. The Hall–Kier alpha value is -0.460. The van der Waals surface area contributed by atoms with Gasteiger partial charge in [0.05, 0.1) is 5.76 Å². The number of hydrogen-bond acceptors (Lipinski definition) is 1. The molecule has 1 unspecified atom stereocenters. The summed E-state index contributed by atoms with van der Waals surface area (Å²) in [4.78, 5) is 0. The molecule has 0 aliphatic heterocycles. The van der Waals surface area contributed by atoms with Crippen LogP contribution >= 0.6 is 0 Å². The molecule has 8 heavy (non-hydrogen) atoms. The molecule has 1 aliphatic rings. The van der Waals surface area contributed by atoms with Gasteiger partial charge in [-0.25, -0.2) is 0 Å². The van der Waals surface area contributed by atoms with E-state index < -0.39 is 0 Å². The zero-order valence-electron chi connectivity index (χ0n) is 5.44. The molecule has 1 atom stereocenters. The second kappa shape index (κ2) is 1.81. The van der Waals surface area contributed by atoms with E-state index in [0.717, 1.165) is 12.8 Å². The van der Waals surface area contributed by atoms with Crippen LogP contribution in [0.4, 0.5) is 0 Å². The Morgan fingerprint density at radius 3 is 2.50 bits per heavy atom. The topological polar surface area (TPSA) is 20.2 Å². The molecule has 0 amide bonds. The molecule has 0 radical (unpaired) electrons. The highest BCUT2D eigenvalue weighted by Crippen LogP contribution is 2.33. The summed E-state index contributed by atoms with van der Waals surface area (Å²) in [5.41, 5.74) is 1.25. The van der Waals surface area contributed by atoms with Gasteiger partial charge in [0.15, 0.2) is 0 Å². The van der Waals surface area contributed by atoms with Gasteiger partial charge in [-0.2, -0.15) is 0 Å². The minimum Gasteiger partial charge on any atom is -0.512 e. The molecule has 1 aliphatic carbocycles. The molecule has 0 heterocycles. The van der Waals surface area contributed by atoms with E-state index in [2.05, 4.69) is 13.8 Å². The monoisotopic (exact) mass is 112 g/mol. The molecular weight excluding hydrogens is 100 g/mol. The summed E-state index contributed by atoms with van der Waals surface area (Å²) in [6.07, 6.45) is 1.93. The number of rotatable bonds is 1. The van der Waals surface area contributed by atoms with Crippen molar-refractivity contribution in [2.24, 2.45) is 5.92 Å². The van der Waals surface area contributed by atoms with E-state index >= 15 is 0 Å². The van der Waals surface area contributed by atoms with Crippen molar-refractivity contribution < 1.29 is 5.11 Å². The maximum atomic E-state index is 8.96. The van der Waals surface area contributed by atoms with Gasteiger partial charge in [-0.3, -0.25) is 0 Å². The maximum absolute atomic E-state index is 8.96. The molecule has 1 N–H and O–H groups in total. The van der Waals surface area contributed by atoms with Crippen molar-refractivity contribution in [2.45, 2.75) is 26.7 Å². The highest BCUT2D eigenvalue weighted by Gasteiger charge is 2.22. The molecular formula is C7H12O. The number of hydrogen-bond donors (Lipinski definition) is 1. The minimum absolute atomic E-state index is 0.639. The van der Waals surface area contributed by atoms with Crippen molar-refractivity contribution in [1.29, 1.82) is 0 Å². The summed E-state index contributed by atoms with van der Waals surface area (Å²) in [6.45, 7) is 4.24. The predicted octanol–water partition coefficient (Wildman–Crippen LogP) is 2.25. The van der Waals surface area contributed by atoms with Crippen LogP contribution in [0.3, 0.4) is 0 Å². The predicted molar refractivity (Wildman–Crippen MR) is 33.7 cm³/mol. The zero-order valence-corrected chi connectivity index (χ0v) is 5.44. The lowest BCUT2D eigenvalue weighted by Gasteiger charge is -2.25. The lowest BCUT2D eigenvalue weighted by molar-refractivity contribution is 0.308. The molecule has 1 heteroatoms. The third-order valence-corrected chi connectivity index (χ3v) is 1.85. The lowest BCUT2D eigenvalue weighted by atomic mass is 9.83. The summed E-state index contributed by atoms with van der Waals surface area (Å²) in [6, 6.07) is 0. The fraction of sp³-hybridized carbons (Fsp3) is 0.714. The number of aliphatic hydroxyl groups excluding tert-OH is 1. The molecule has 0 fully saturated rings. The van der Waals surface area contributed by atoms with Gasteiger partial charge in [-0.1, -0.05) is 13.8 Å². The summed E-state index contributed by atoms with van der Waals surface area (Å²) in [5.74, 6) is 1.29. The standard InChI is InChI=1S/C7H12O/c1-3-6-5(2)4-7(6)8/h5,8H,3-4H2,1-2H3. The van der Waals surface area contributed by atoms with Gasteiger partial charge in [0, 0.05) is 6.42 Å². The van der Waals surface area contributed by atoms with Crippen molar-refractivity contribution in [3.8, 4) is 0 Å². The van der Waals surface area contributed by atoms with Crippen LogP contribution in [0.25, 0.3) is 0 Å². The Labute approximate surface area is 50.0 Å². The number of allylic oxidation sites excluding steroid dienone is 2. The summed E-state index contributed by atoms with van der Waals surface area (Å²) < 4.78 is 0. The average molecular weight is 112 g/mol. The fourth-order valence-electron chi connectivity index (χ4n) is 1.25. The van der Waals surface area contributed by atoms with E-state index in [4.69, 9.17) is 5.11 Å². The second-order valence-corrected chi connectivity index (χ2v) is 2.43. The van der Waals surface area contributed by atoms with Crippen LogP contribution in [0.15, 0.2) is 11.3 Å². The van der Waals surface area contributed by atoms with Gasteiger partial charge in [0.1, 0.15) is 0 Å². The SMILES string of the molecule is CCC1=C(O)CC1C. The van der Waals surface area contributed by atoms with E-state index in [0.29, 0.717) is 11.7 Å². The lowest BCUT2D eigenvalue weighted by Crippen LogP contribution is -2.14. The van der Waals surface area contributed by atoms with Gasteiger partial charge in [0.25, 0.3) is 0 Å². The van der Waals surface area contributed by atoms with E-state index in [1.165, 1.54) is 5.57 Å². The molecule has 0 saturated heterocycles. The quantitative estimate of drug-likeness (QED) is 0.551. The normalized spacial score (nSPS) is 28.0. The second-order valence-electron chi connectivity index (χ2n) is 2.43. The first-order valence-corrected chi connectivity index (χ1v) is 3.16. The first-order chi connectivity index (χ1) is 3.75. The Balaban J connectivity index is 2.60. The van der Waals surface area contributed by atoms with Crippen LogP contribution in [0.5, 0.6) is 0 Å². The van der Waals surface area contributed by atoms with E-state index in [-0.39, 0.29) is 0 Å². The van der Waals surface area contributed by atoms with Crippen molar-refractivity contribution in [1.82, 2.24) is 0 Å². The van der Waals surface area contributed by atoms with E-state index in [9.17, 15) is 0 Å². The first-order valence-electron chi connectivity index (χ1n) is 3.16. The van der Waals surface area contributed by atoms with Crippen LogP contribution in [0.1, 0.15) is 26.7 Å². The average Bonchev–Trinajstić information content (AvgIpc) is 1.67. The van der Waals surface area contributed by atoms with Crippen molar-refractivity contribution in [3.05, 3.63) is 11.3 Å². The molecule has 0 spiro atoms. The summed E-state index contributed by atoms with van der Waals surface area (Å²) in [7, 11) is 0. The van der Waals surface area contributed by atoms with E-state index in [1.807, 2.05) is 0 Å². The van der Waals surface area contributed by atoms with Gasteiger partial charge < -0.3 is 5.11 Å². The summed E-state index contributed by atoms with van der Waals surface area (Å²) in [5, 5.41) is 8.96. The molecule has 1 nitrogen and oxygen atoms in total. The Morgan fingerprint density at radius 1 is 1.75 bits per heavy atom. The zero-order chi connectivity index (χ0) is 6.15. The molecule has 46 valence electrons. The Kier molecular flexibility index (Phi) is 1.28. The van der Waals surface area contributed by atoms with Crippen LogP contribution in [-0.4, -0.2) is 5.11 Å². The Bertz CT molecular complexity index is 124. The van der Waals surface area contributed by atoms with Gasteiger partial charge in [-0.15, -0.1) is 0 Å². The van der Waals surface area contributed by atoms with Gasteiger partial charge in [0.2, 0.25) is 0 Å². The van der Waals surface area contributed by atoms with Crippen molar-refractivity contribution >= 4 is 0 Å². The largest absolute Gasteiger partial charge is 0.512 e. The third-order valence-electron chi connectivity index (χ3n) is 1.85. The Morgan fingerprint density at radius 2 is 2.38 bits per heavy atom. The highest BCUT2D eigenvalue weighted by molar-refractivity contribution is 5.21. The van der Waals surface area contributed by atoms with Gasteiger partial charge in [-0.05, 0) is 17.9 Å². The molecule has 0 aromatic heterocycles. The van der Waals surface area contributed by atoms with Crippen LogP contribution in [0.2, 0.25) is 0 Å². The van der Waals surface area contributed by atoms with Crippen LogP contribution in [0, 0.1) is 5.92 Å². The molecule has 0 aromatic rings. The van der Waals surface area contributed by atoms with Crippen LogP contribution in [-0.2, 0) is 0 Å². The van der Waals surface area contributed by atoms with Crippen LogP contribution < -0.4 is 0 Å². The summed E-state index contributed by atoms with van der Waals surface area (Å²) >= 11 is 0. The molecule has 1 rings (SSSR count). The minimum atomic E-state index is 0.639. The highest BCUT2D eigenvalue weighted by atomic mass is 16.3. The molecule has 0 saturated carbocycles. The number of aliphatic hydroxyl groups is 1. The third kappa shape index (κ3) is 0.623.